The Kier molecular flexibility index (Phi) is 12.1. The summed E-state index contributed by atoms with van der Waals surface area (Å²) in [6.45, 7) is 4.21. The molecule has 0 aromatic heterocycles. The van der Waals surface area contributed by atoms with Crippen LogP contribution in [0.2, 0.25) is 5.02 Å². The van der Waals surface area contributed by atoms with Gasteiger partial charge in [0.15, 0.2) is 0 Å². The van der Waals surface area contributed by atoms with Crippen molar-refractivity contribution in [1.29, 1.82) is 0 Å². The van der Waals surface area contributed by atoms with Crippen LogP contribution in [-0.4, -0.2) is 83.2 Å². The van der Waals surface area contributed by atoms with Gasteiger partial charge in [-0.05, 0) is 62.8 Å². The molecular weight excluding hydrogens is 484 g/mol. The molecule has 0 unspecified atom stereocenters. The van der Waals surface area contributed by atoms with Gasteiger partial charge in [0.2, 0.25) is 0 Å². The lowest BCUT2D eigenvalue weighted by molar-refractivity contribution is -0.00851. The van der Waals surface area contributed by atoms with Gasteiger partial charge >= 0.3 is 12.1 Å². The lowest BCUT2D eigenvalue weighted by Crippen LogP contribution is -2.50. The van der Waals surface area contributed by atoms with Crippen molar-refractivity contribution in [2.24, 2.45) is 11.8 Å². The fraction of sp³-hybridized carbons (Fsp3) is 0.692. The first kappa shape index (κ1) is 28.5. The Balaban J connectivity index is 1.56. The van der Waals surface area contributed by atoms with Crippen LogP contribution in [0.1, 0.15) is 43.8 Å². The second kappa shape index (κ2) is 15.2. The summed E-state index contributed by atoms with van der Waals surface area (Å²) in [5, 5.41) is 9.76. The van der Waals surface area contributed by atoms with Gasteiger partial charge in [-0.15, -0.1) is 0 Å². The quantitative estimate of drug-likeness (QED) is 0.382. The van der Waals surface area contributed by atoms with Crippen LogP contribution in [0.4, 0.5) is 9.59 Å². The maximum absolute atomic E-state index is 13.1. The van der Waals surface area contributed by atoms with Gasteiger partial charge in [-0.2, -0.15) is 0 Å². The van der Waals surface area contributed by atoms with Gasteiger partial charge < -0.3 is 35.1 Å². The number of likely N-dealkylation sites (N-methyl/N-ethyl adjacent to an activating group) is 1. The Morgan fingerprint density at radius 3 is 2.83 bits per heavy atom. The van der Waals surface area contributed by atoms with Gasteiger partial charge in [-0.1, -0.05) is 23.7 Å². The average molecular weight is 525 g/mol. The normalized spacial score (nSPS) is 21.9. The Morgan fingerprint density at radius 1 is 1.25 bits per heavy atom. The number of nitrogens with zero attached hydrogens (tertiary/aromatic N) is 1. The summed E-state index contributed by atoms with van der Waals surface area (Å²) in [4.78, 5) is 26.3. The number of hydrogen-bond donors (Lipinski definition) is 3. The molecule has 3 amide bonds. The molecule has 9 nitrogen and oxygen atoms in total. The molecule has 0 radical (unpaired) electrons. The number of benzene rings is 1. The minimum Gasteiger partial charge on any atom is -0.453 e. The highest BCUT2D eigenvalue weighted by atomic mass is 35.5. The molecule has 4 atom stereocenters. The summed E-state index contributed by atoms with van der Waals surface area (Å²) in [7, 11) is 3.27. The largest absolute Gasteiger partial charge is 0.453 e. The van der Waals surface area contributed by atoms with E-state index >= 15 is 0 Å². The number of alkyl carbamates (subject to hydrolysis) is 1. The molecular formula is C26H41ClN4O5. The van der Waals surface area contributed by atoms with Gasteiger partial charge in [0.25, 0.3) is 0 Å². The molecule has 3 rings (SSSR count). The maximum atomic E-state index is 13.1. The molecule has 0 bridgehead atoms. The van der Waals surface area contributed by atoms with E-state index in [9.17, 15) is 9.59 Å². The minimum atomic E-state index is -0.491. The second-order valence-electron chi connectivity index (χ2n) is 9.60. The number of carbonyl (C=O) groups is 2. The molecule has 2 aliphatic rings. The van der Waals surface area contributed by atoms with Crippen molar-refractivity contribution >= 4 is 23.7 Å². The molecule has 1 aromatic rings. The predicted octanol–water partition coefficient (Wildman–Crippen LogP) is 3.58. The van der Waals surface area contributed by atoms with Crippen molar-refractivity contribution in [2.45, 2.75) is 44.2 Å². The van der Waals surface area contributed by atoms with E-state index in [1.54, 1.807) is 0 Å². The Hall–Kier alpha value is -2.07. The SMILES string of the molecule is CN[C@H](CNC(=O)N1CCC[C@@H]([C@H](OCCNC(=O)OC)c2cccc(Cl)c2)C1)C[C@H]1CCCOC1. The van der Waals surface area contributed by atoms with Crippen molar-refractivity contribution in [3.63, 3.8) is 0 Å². The Labute approximate surface area is 219 Å². The third kappa shape index (κ3) is 9.10. The van der Waals surface area contributed by atoms with Crippen LogP contribution >= 0.6 is 11.6 Å². The number of amides is 3. The van der Waals surface area contributed by atoms with Crippen molar-refractivity contribution in [1.82, 2.24) is 20.9 Å². The predicted molar refractivity (Wildman–Crippen MR) is 139 cm³/mol. The van der Waals surface area contributed by atoms with E-state index in [-0.39, 0.29) is 24.1 Å². The van der Waals surface area contributed by atoms with E-state index in [1.807, 2.05) is 36.2 Å². The summed E-state index contributed by atoms with van der Waals surface area (Å²) in [5.74, 6) is 0.650. The molecule has 2 heterocycles. The van der Waals surface area contributed by atoms with Crippen LogP contribution in [-0.2, 0) is 14.2 Å². The van der Waals surface area contributed by atoms with E-state index in [2.05, 4.69) is 20.7 Å². The number of rotatable bonds is 11. The number of hydrogen-bond acceptors (Lipinski definition) is 6. The zero-order chi connectivity index (χ0) is 25.8. The highest BCUT2D eigenvalue weighted by molar-refractivity contribution is 6.30. The molecule has 202 valence electrons. The molecule has 0 spiro atoms. The number of halogens is 1. The van der Waals surface area contributed by atoms with E-state index < -0.39 is 6.09 Å². The summed E-state index contributed by atoms with van der Waals surface area (Å²) >= 11 is 6.27. The fourth-order valence-corrected chi connectivity index (χ4v) is 5.26. The second-order valence-corrected chi connectivity index (χ2v) is 10.0. The molecule has 0 saturated carbocycles. The summed E-state index contributed by atoms with van der Waals surface area (Å²) in [6.07, 6.45) is 4.38. The molecule has 2 saturated heterocycles. The lowest BCUT2D eigenvalue weighted by atomic mass is 9.88. The molecule has 10 heteroatoms. The number of likely N-dealkylation sites (tertiary alicyclic amines) is 1. The third-order valence-corrected chi connectivity index (χ3v) is 7.22. The first-order valence-corrected chi connectivity index (χ1v) is 13.3. The van der Waals surface area contributed by atoms with Crippen LogP contribution in [0.25, 0.3) is 0 Å². The zero-order valence-corrected chi connectivity index (χ0v) is 22.2. The summed E-state index contributed by atoms with van der Waals surface area (Å²) < 4.78 is 16.5. The van der Waals surface area contributed by atoms with Crippen LogP contribution in [0.3, 0.4) is 0 Å². The molecule has 36 heavy (non-hydrogen) atoms. The standard InChI is InChI=1S/C26H41ClN4O5/c1-28-23(14-19-6-5-12-35-18-19)16-30-25(32)31-11-4-8-21(17-31)24(20-7-3-9-22(27)15-20)36-13-10-29-26(33)34-2/h3,7,9,15,19,21,23-24,28H,4-6,8,10-14,16-18H2,1-2H3,(H,29,33)(H,30,32)/t19-,21-,23+,24-/m1/s1. The van der Waals surface area contributed by atoms with Gasteiger partial charge in [0.05, 0.1) is 19.8 Å². The van der Waals surface area contributed by atoms with Crippen molar-refractivity contribution in [3.8, 4) is 0 Å². The van der Waals surface area contributed by atoms with E-state index in [1.165, 1.54) is 13.5 Å². The van der Waals surface area contributed by atoms with Crippen LogP contribution < -0.4 is 16.0 Å². The lowest BCUT2D eigenvalue weighted by Gasteiger charge is -2.37. The first-order valence-electron chi connectivity index (χ1n) is 13.0. The summed E-state index contributed by atoms with van der Waals surface area (Å²) in [5.41, 5.74) is 0.970. The van der Waals surface area contributed by atoms with Crippen LogP contribution in [0.5, 0.6) is 0 Å². The number of nitrogens with one attached hydrogen (secondary N) is 3. The average Bonchev–Trinajstić information content (AvgIpc) is 2.91. The van der Waals surface area contributed by atoms with Crippen LogP contribution in [0.15, 0.2) is 24.3 Å². The number of methoxy groups -OCH3 is 1. The van der Waals surface area contributed by atoms with Gasteiger partial charge in [-0.3, -0.25) is 0 Å². The van der Waals surface area contributed by atoms with Crippen molar-refractivity contribution in [2.75, 3.05) is 60.2 Å². The first-order chi connectivity index (χ1) is 17.5. The maximum Gasteiger partial charge on any atom is 0.406 e. The number of ether oxygens (including phenoxy) is 3. The highest BCUT2D eigenvalue weighted by Crippen LogP contribution is 2.34. The molecule has 1 aromatic carbocycles. The molecule has 0 aliphatic carbocycles. The zero-order valence-electron chi connectivity index (χ0n) is 21.5. The topological polar surface area (TPSA) is 101 Å². The van der Waals surface area contributed by atoms with Crippen LogP contribution in [0, 0.1) is 11.8 Å². The fourth-order valence-electron chi connectivity index (χ4n) is 5.06. The van der Waals surface area contributed by atoms with Gasteiger partial charge in [0, 0.05) is 56.4 Å². The monoisotopic (exact) mass is 524 g/mol. The number of carbonyl (C=O) groups excluding carboxylic acids is 2. The third-order valence-electron chi connectivity index (χ3n) is 6.99. The number of urea groups is 1. The van der Waals surface area contributed by atoms with Crippen molar-refractivity contribution in [3.05, 3.63) is 34.9 Å². The minimum absolute atomic E-state index is 0.0444. The Bertz CT molecular complexity index is 823. The molecule has 2 aliphatic heterocycles. The molecule has 2 fully saturated rings. The summed E-state index contributed by atoms with van der Waals surface area (Å²) in [6, 6.07) is 7.81. The van der Waals surface area contributed by atoms with E-state index in [4.69, 9.17) is 21.1 Å². The number of piperidine rings is 1. The Morgan fingerprint density at radius 2 is 2.11 bits per heavy atom. The van der Waals surface area contributed by atoms with Crippen molar-refractivity contribution < 1.29 is 23.8 Å². The highest BCUT2D eigenvalue weighted by Gasteiger charge is 2.31. The smallest absolute Gasteiger partial charge is 0.406 e. The van der Waals surface area contributed by atoms with E-state index in [0.29, 0.717) is 37.2 Å². The molecule has 3 N–H and O–H groups in total. The van der Waals surface area contributed by atoms with Gasteiger partial charge in [0.1, 0.15) is 0 Å². The van der Waals surface area contributed by atoms with E-state index in [0.717, 1.165) is 51.0 Å². The van der Waals surface area contributed by atoms with Gasteiger partial charge in [-0.25, -0.2) is 9.59 Å².